The first-order valence-corrected chi connectivity index (χ1v) is 13.7. The number of piperazine rings is 1. The Kier molecular flexibility index (Phi) is 7.55. The molecule has 5 rings (SSSR count). The summed E-state index contributed by atoms with van der Waals surface area (Å²) in [4.78, 5) is 49.2. The number of benzene rings is 1. The van der Waals surface area contributed by atoms with Crippen molar-refractivity contribution < 1.29 is 19.4 Å². The second kappa shape index (κ2) is 11.1. The van der Waals surface area contributed by atoms with Crippen LogP contribution in [0.1, 0.15) is 45.1 Å². The van der Waals surface area contributed by atoms with Crippen molar-refractivity contribution in [3.8, 4) is 0 Å². The van der Waals surface area contributed by atoms with E-state index < -0.39 is 11.7 Å². The van der Waals surface area contributed by atoms with Crippen molar-refractivity contribution in [2.75, 3.05) is 49.5 Å². The number of carbonyl (C=O) groups excluding carboxylic acids is 1. The summed E-state index contributed by atoms with van der Waals surface area (Å²) in [6, 6.07) is 11.8. The highest BCUT2D eigenvalue weighted by molar-refractivity contribution is 5.94. The number of nitrogens with one attached hydrogen (secondary N) is 2. The minimum atomic E-state index is -0.919. The van der Waals surface area contributed by atoms with Crippen molar-refractivity contribution in [1.82, 2.24) is 19.8 Å². The monoisotopic (exact) mass is 548 g/mol. The summed E-state index contributed by atoms with van der Waals surface area (Å²) < 4.78 is 5.51. The van der Waals surface area contributed by atoms with Gasteiger partial charge in [-0.3, -0.25) is 4.79 Å². The number of fused-ring (bicyclic) bond motifs is 1. The van der Waals surface area contributed by atoms with E-state index in [1.165, 1.54) is 10.5 Å². The molecule has 0 radical (unpaired) electrons. The Morgan fingerprint density at radius 1 is 1.00 bits per heavy atom. The third-order valence-electron chi connectivity index (χ3n) is 7.41. The highest BCUT2D eigenvalue weighted by Gasteiger charge is 2.27. The van der Waals surface area contributed by atoms with E-state index >= 15 is 0 Å². The van der Waals surface area contributed by atoms with Crippen LogP contribution in [0, 0.1) is 0 Å². The first-order valence-electron chi connectivity index (χ1n) is 13.7. The van der Waals surface area contributed by atoms with Crippen LogP contribution in [0.25, 0.3) is 10.8 Å². The molecule has 0 atom stereocenters. The van der Waals surface area contributed by atoms with Gasteiger partial charge in [-0.1, -0.05) is 12.1 Å². The van der Waals surface area contributed by atoms with E-state index in [1.54, 1.807) is 11.1 Å². The number of pyridine rings is 2. The van der Waals surface area contributed by atoms with Gasteiger partial charge in [0.1, 0.15) is 17.2 Å². The Labute approximate surface area is 232 Å². The lowest BCUT2D eigenvalue weighted by Gasteiger charge is -2.34. The van der Waals surface area contributed by atoms with Gasteiger partial charge in [-0.25, -0.2) is 14.6 Å². The summed E-state index contributed by atoms with van der Waals surface area (Å²) in [5.41, 5.74) is 1.27. The van der Waals surface area contributed by atoms with Gasteiger partial charge in [-0.15, -0.1) is 0 Å². The number of rotatable bonds is 4. The quantitative estimate of drug-likeness (QED) is 0.432. The summed E-state index contributed by atoms with van der Waals surface area (Å²) in [5.74, 6) is 1.50. The molecule has 1 aromatic carbocycles. The molecule has 2 amide bonds. The van der Waals surface area contributed by atoms with Crippen LogP contribution in [0.5, 0.6) is 0 Å². The van der Waals surface area contributed by atoms with Crippen molar-refractivity contribution in [3.05, 3.63) is 58.5 Å². The van der Waals surface area contributed by atoms with E-state index in [2.05, 4.69) is 22.4 Å². The SMILES string of the molecule is CC(C)(C)OC(=O)N1CCC(c2ccc(Nc3nc(N4CCN(C(=O)O)CC4)cc4cc[nH]c(=O)c34)cc2)CC1. The predicted octanol–water partition coefficient (Wildman–Crippen LogP) is 4.58. The number of carboxylic acid groups (broad SMARTS) is 1. The van der Waals surface area contributed by atoms with Crippen molar-refractivity contribution in [2.24, 2.45) is 0 Å². The summed E-state index contributed by atoms with van der Waals surface area (Å²) in [6.45, 7) is 8.78. The Bertz CT molecular complexity index is 1430. The minimum Gasteiger partial charge on any atom is -0.465 e. The number of anilines is 3. The van der Waals surface area contributed by atoms with Gasteiger partial charge in [0.25, 0.3) is 5.56 Å². The molecule has 2 aliphatic heterocycles. The van der Waals surface area contributed by atoms with E-state index in [1.807, 2.05) is 49.9 Å². The van der Waals surface area contributed by atoms with Crippen molar-refractivity contribution in [2.45, 2.75) is 45.1 Å². The third kappa shape index (κ3) is 6.13. The molecule has 4 heterocycles. The third-order valence-corrected chi connectivity index (χ3v) is 7.41. The van der Waals surface area contributed by atoms with Crippen molar-refractivity contribution in [3.63, 3.8) is 0 Å². The van der Waals surface area contributed by atoms with Crippen LogP contribution in [0.2, 0.25) is 0 Å². The van der Waals surface area contributed by atoms with E-state index in [0.29, 0.717) is 62.2 Å². The van der Waals surface area contributed by atoms with Gasteiger partial charge in [0.15, 0.2) is 0 Å². The molecule has 0 saturated carbocycles. The van der Waals surface area contributed by atoms with Crippen LogP contribution in [0.3, 0.4) is 0 Å². The maximum Gasteiger partial charge on any atom is 0.410 e. The molecule has 3 aromatic rings. The van der Waals surface area contributed by atoms with E-state index in [9.17, 15) is 19.5 Å². The number of likely N-dealkylation sites (tertiary alicyclic amines) is 1. The van der Waals surface area contributed by atoms with E-state index in [0.717, 1.165) is 23.9 Å². The van der Waals surface area contributed by atoms with Gasteiger partial charge < -0.3 is 34.8 Å². The number of H-pyrrole nitrogens is 1. The molecule has 2 aromatic heterocycles. The van der Waals surface area contributed by atoms with Gasteiger partial charge >= 0.3 is 12.2 Å². The summed E-state index contributed by atoms with van der Waals surface area (Å²) in [5, 5.41) is 13.8. The predicted molar refractivity (Wildman–Crippen MR) is 154 cm³/mol. The number of amides is 2. The summed E-state index contributed by atoms with van der Waals surface area (Å²) >= 11 is 0. The Morgan fingerprint density at radius 2 is 1.68 bits per heavy atom. The zero-order valence-electron chi connectivity index (χ0n) is 23.1. The molecule has 3 N–H and O–H groups in total. The second-order valence-electron chi connectivity index (χ2n) is 11.3. The van der Waals surface area contributed by atoms with Gasteiger partial charge in [-0.2, -0.15) is 0 Å². The van der Waals surface area contributed by atoms with Gasteiger partial charge in [0, 0.05) is 51.2 Å². The van der Waals surface area contributed by atoms with Crippen LogP contribution < -0.4 is 15.8 Å². The fraction of sp³-hybridized carbons (Fsp3) is 0.448. The van der Waals surface area contributed by atoms with Crippen LogP contribution in [0.15, 0.2) is 47.4 Å². The molecule has 40 heavy (non-hydrogen) atoms. The number of hydrogen-bond acceptors (Lipinski definition) is 7. The highest BCUT2D eigenvalue weighted by atomic mass is 16.6. The number of aromatic nitrogens is 2. The average Bonchev–Trinajstić information content (AvgIpc) is 2.92. The van der Waals surface area contributed by atoms with Gasteiger partial charge in [0.2, 0.25) is 0 Å². The van der Waals surface area contributed by atoms with Gasteiger partial charge in [-0.05, 0) is 74.7 Å². The Balaban J connectivity index is 1.30. The zero-order valence-corrected chi connectivity index (χ0v) is 23.1. The number of nitrogens with zero attached hydrogens (tertiary/aromatic N) is 4. The smallest absolute Gasteiger partial charge is 0.410 e. The average molecular weight is 549 g/mol. The maximum atomic E-state index is 12.7. The Hall–Kier alpha value is -4.28. The molecule has 11 nitrogen and oxygen atoms in total. The minimum absolute atomic E-state index is 0.233. The maximum absolute atomic E-state index is 12.7. The molecule has 212 valence electrons. The number of carbonyl (C=O) groups is 2. The number of piperidine rings is 1. The molecule has 0 spiro atoms. The van der Waals surface area contributed by atoms with Crippen LogP contribution in [-0.4, -0.2) is 81.9 Å². The highest BCUT2D eigenvalue weighted by Crippen LogP contribution is 2.31. The first kappa shape index (κ1) is 27.3. The lowest BCUT2D eigenvalue weighted by atomic mass is 9.89. The molecule has 0 bridgehead atoms. The molecule has 11 heteroatoms. The van der Waals surface area contributed by atoms with E-state index in [-0.39, 0.29) is 11.7 Å². The molecule has 0 aliphatic carbocycles. The summed E-state index contributed by atoms with van der Waals surface area (Å²) in [6.07, 6.45) is 2.17. The van der Waals surface area contributed by atoms with Crippen molar-refractivity contribution >= 4 is 40.3 Å². The molecular weight excluding hydrogens is 512 g/mol. The summed E-state index contributed by atoms with van der Waals surface area (Å²) in [7, 11) is 0. The normalized spacial score (nSPS) is 16.7. The fourth-order valence-corrected chi connectivity index (χ4v) is 5.28. The lowest BCUT2D eigenvalue weighted by Crippen LogP contribution is -2.48. The molecular formula is C29H36N6O5. The molecule has 2 fully saturated rings. The topological polar surface area (TPSA) is 131 Å². The molecule has 2 aliphatic rings. The number of aromatic amines is 1. The van der Waals surface area contributed by atoms with Crippen LogP contribution in [0.4, 0.5) is 26.9 Å². The van der Waals surface area contributed by atoms with Gasteiger partial charge in [0.05, 0.1) is 5.39 Å². The zero-order chi connectivity index (χ0) is 28.4. The lowest BCUT2D eigenvalue weighted by molar-refractivity contribution is 0.0204. The number of hydrogen-bond donors (Lipinski definition) is 3. The van der Waals surface area contributed by atoms with Crippen LogP contribution >= 0.6 is 0 Å². The number of ether oxygens (including phenoxy) is 1. The second-order valence-corrected chi connectivity index (χ2v) is 11.3. The molecule has 2 saturated heterocycles. The standard InChI is InChI=1S/C29H36N6O5/c1-29(2,3)40-28(39)35-12-9-20(10-13-35)19-4-6-22(7-5-19)31-25-24-21(8-11-30-26(24)36)18-23(32-25)33-14-16-34(17-15-33)27(37)38/h4-8,11,18,20H,9-10,12-17H2,1-3H3,(H,30,36)(H,31,32)(H,37,38). The van der Waals surface area contributed by atoms with Crippen molar-refractivity contribution in [1.29, 1.82) is 0 Å². The fourth-order valence-electron chi connectivity index (χ4n) is 5.28. The Morgan fingerprint density at radius 3 is 2.30 bits per heavy atom. The largest absolute Gasteiger partial charge is 0.465 e. The van der Waals surface area contributed by atoms with E-state index in [4.69, 9.17) is 9.72 Å². The molecule has 0 unspecified atom stereocenters. The van der Waals surface area contributed by atoms with Crippen LogP contribution in [-0.2, 0) is 4.74 Å². The first-order chi connectivity index (χ1) is 19.1.